The lowest BCUT2D eigenvalue weighted by atomic mass is 9.45. The van der Waals surface area contributed by atoms with Gasteiger partial charge in [0, 0.05) is 11.8 Å². The van der Waals surface area contributed by atoms with Crippen LogP contribution in [-0.2, 0) is 16.0 Å². The van der Waals surface area contributed by atoms with Crippen LogP contribution in [0.4, 0.5) is 0 Å². The summed E-state index contributed by atoms with van der Waals surface area (Å²) in [6, 6.07) is 15.1. The number of carbonyl (C=O) groups is 1. The topological polar surface area (TPSA) is 46.5 Å². The molecule has 0 spiro atoms. The highest BCUT2D eigenvalue weighted by molar-refractivity contribution is 5.83. The van der Waals surface area contributed by atoms with Crippen molar-refractivity contribution in [3.63, 3.8) is 0 Å². The average molecular weight is 367 g/mol. The first-order valence-corrected chi connectivity index (χ1v) is 10.2. The Balaban J connectivity index is 1.54. The third-order valence-corrected chi connectivity index (χ3v) is 7.04. The molecule has 3 heteroatoms. The molecule has 2 aromatic rings. The second-order valence-corrected chi connectivity index (χ2v) is 9.25. The van der Waals surface area contributed by atoms with Gasteiger partial charge in [-0.2, -0.15) is 0 Å². The smallest absolute Gasteiger partial charge is 0.308 e. The molecule has 3 nitrogen and oxygen atoms in total. The summed E-state index contributed by atoms with van der Waals surface area (Å²) in [5.74, 6) is 1.25. The fourth-order valence-electron chi connectivity index (χ4n) is 5.33. The van der Waals surface area contributed by atoms with Gasteiger partial charge in [0.2, 0.25) is 0 Å². The van der Waals surface area contributed by atoms with Crippen molar-refractivity contribution in [2.45, 2.75) is 58.7 Å². The molecule has 1 N–H and O–H groups in total. The maximum absolute atomic E-state index is 12.3. The first kappa shape index (κ1) is 18.5. The van der Waals surface area contributed by atoms with E-state index in [9.17, 15) is 9.90 Å². The summed E-state index contributed by atoms with van der Waals surface area (Å²) in [6.45, 7) is 6.26. The van der Waals surface area contributed by atoms with Crippen LogP contribution in [0.2, 0.25) is 0 Å². The molecule has 1 unspecified atom stereocenters. The van der Waals surface area contributed by atoms with Crippen LogP contribution >= 0.6 is 0 Å². The quantitative estimate of drug-likeness (QED) is 0.777. The van der Waals surface area contributed by atoms with Crippen LogP contribution in [-0.4, -0.2) is 23.3 Å². The molecule has 3 aliphatic rings. The van der Waals surface area contributed by atoms with E-state index < -0.39 is 6.10 Å². The maximum atomic E-state index is 12.3. The zero-order valence-corrected chi connectivity index (χ0v) is 16.5. The lowest BCUT2D eigenvalue weighted by Crippen LogP contribution is -2.59. The predicted molar refractivity (Wildman–Crippen MR) is 107 cm³/mol. The standard InChI is InChI=1S/C24H30O3/c1-15(25)10-22(26)27-23-19(13-20-14-21(23)24(20,2)3)12-16-8-9-17-6-4-5-7-18(17)11-16/h4-9,11,15,19-21,23,25H,10,12-14H2,1-3H3/t15?,19-,20+,21+,23-/m1/s1. The van der Waals surface area contributed by atoms with Crippen LogP contribution < -0.4 is 0 Å². The summed E-state index contributed by atoms with van der Waals surface area (Å²) in [7, 11) is 0. The second kappa shape index (κ2) is 6.94. The van der Waals surface area contributed by atoms with Gasteiger partial charge < -0.3 is 9.84 Å². The molecule has 0 saturated heterocycles. The van der Waals surface area contributed by atoms with Crippen LogP contribution in [0.3, 0.4) is 0 Å². The van der Waals surface area contributed by atoms with Crippen LogP contribution in [0.15, 0.2) is 42.5 Å². The summed E-state index contributed by atoms with van der Waals surface area (Å²) in [5.41, 5.74) is 1.56. The number of hydrogen-bond acceptors (Lipinski definition) is 3. The molecule has 0 aromatic heterocycles. The average Bonchev–Trinajstić information content (AvgIpc) is 2.61. The van der Waals surface area contributed by atoms with Crippen molar-refractivity contribution in [1.82, 2.24) is 0 Å². The number of rotatable bonds is 5. The largest absolute Gasteiger partial charge is 0.462 e. The molecule has 0 radical (unpaired) electrons. The van der Waals surface area contributed by atoms with Crippen molar-refractivity contribution in [3.8, 4) is 0 Å². The van der Waals surface area contributed by atoms with Crippen LogP contribution in [0.25, 0.3) is 10.8 Å². The third kappa shape index (κ3) is 3.50. The Morgan fingerprint density at radius 1 is 1.19 bits per heavy atom. The Kier molecular flexibility index (Phi) is 4.75. The van der Waals surface area contributed by atoms with Gasteiger partial charge in [-0.25, -0.2) is 0 Å². The Labute approximate surface area is 161 Å². The van der Waals surface area contributed by atoms with E-state index in [0.29, 0.717) is 11.8 Å². The molecular formula is C24H30O3. The van der Waals surface area contributed by atoms with E-state index >= 15 is 0 Å². The third-order valence-electron chi connectivity index (χ3n) is 7.04. The number of esters is 1. The molecule has 0 amide bonds. The monoisotopic (exact) mass is 366 g/mol. The van der Waals surface area contributed by atoms with Gasteiger partial charge in [-0.3, -0.25) is 4.79 Å². The molecule has 144 valence electrons. The molecule has 5 atom stereocenters. The Morgan fingerprint density at radius 3 is 2.63 bits per heavy atom. The van der Waals surface area contributed by atoms with E-state index in [2.05, 4.69) is 56.3 Å². The van der Waals surface area contributed by atoms with E-state index in [1.54, 1.807) is 6.92 Å². The van der Waals surface area contributed by atoms with E-state index in [1.807, 2.05) is 0 Å². The predicted octanol–water partition coefficient (Wildman–Crippen LogP) is 4.75. The lowest BCUT2D eigenvalue weighted by Gasteiger charge is -2.61. The summed E-state index contributed by atoms with van der Waals surface area (Å²) < 4.78 is 5.96. The first-order chi connectivity index (χ1) is 12.8. The minimum atomic E-state index is -0.651. The van der Waals surface area contributed by atoms with Gasteiger partial charge >= 0.3 is 5.97 Å². The molecule has 3 saturated carbocycles. The highest BCUT2D eigenvalue weighted by atomic mass is 16.5. The van der Waals surface area contributed by atoms with E-state index in [4.69, 9.17) is 4.74 Å². The summed E-state index contributed by atoms with van der Waals surface area (Å²) in [4.78, 5) is 12.3. The molecule has 0 aliphatic heterocycles. The fourth-order valence-corrected chi connectivity index (χ4v) is 5.33. The summed E-state index contributed by atoms with van der Waals surface area (Å²) >= 11 is 0. The zero-order valence-electron chi connectivity index (χ0n) is 16.5. The van der Waals surface area contributed by atoms with Gasteiger partial charge in [0.25, 0.3) is 0 Å². The lowest BCUT2D eigenvalue weighted by molar-refractivity contribution is -0.199. The van der Waals surface area contributed by atoms with E-state index in [0.717, 1.165) is 25.2 Å². The van der Waals surface area contributed by atoms with Crippen LogP contribution in [0.1, 0.15) is 45.6 Å². The molecular weight excluding hydrogens is 336 g/mol. The molecule has 5 rings (SSSR count). The van der Waals surface area contributed by atoms with Crippen LogP contribution in [0, 0.1) is 23.2 Å². The Morgan fingerprint density at radius 2 is 1.93 bits per heavy atom. The van der Waals surface area contributed by atoms with Gasteiger partial charge in [-0.15, -0.1) is 0 Å². The highest BCUT2D eigenvalue weighted by Gasteiger charge is 2.59. The zero-order chi connectivity index (χ0) is 19.2. The minimum absolute atomic E-state index is 0.0391. The van der Waals surface area contributed by atoms with Crippen molar-refractivity contribution in [1.29, 1.82) is 0 Å². The summed E-state index contributed by atoms with van der Waals surface area (Å²) in [6.07, 6.45) is 2.61. The maximum Gasteiger partial charge on any atom is 0.308 e. The van der Waals surface area contributed by atoms with Gasteiger partial charge in [0.15, 0.2) is 0 Å². The van der Waals surface area contributed by atoms with E-state index in [-0.39, 0.29) is 23.9 Å². The molecule has 0 heterocycles. The van der Waals surface area contributed by atoms with Gasteiger partial charge in [-0.05, 0) is 53.9 Å². The SMILES string of the molecule is CC(O)CC(=O)O[C@@H]1[C@H](Cc2ccc3ccccc3c2)C[C@H]2C[C@@H]1C2(C)C. The Bertz CT molecular complexity index is 838. The number of aliphatic hydroxyl groups excluding tert-OH is 1. The minimum Gasteiger partial charge on any atom is -0.462 e. The number of benzene rings is 2. The van der Waals surface area contributed by atoms with Gasteiger partial charge in [0.05, 0.1) is 12.5 Å². The van der Waals surface area contributed by atoms with Crippen molar-refractivity contribution < 1.29 is 14.6 Å². The van der Waals surface area contributed by atoms with Gasteiger partial charge in [-0.1, -0.05) is 56.3 Å². The number of fused-ring (bicyclic) bond motifs is 3. The number of carbonyl (C=O) groups excluding carboxylic acids is 1. The molecule has 2 bridgehead atoms. The summed E-state index contributed by atoms with van der Waals surface area (Å²) in [5, 5.41) is 12.1. The number of ether oxygens (including phenoxy) is 1. The van der Waals surface area contributed by atoms with Crippen molar-refractivity contribution in [2.75, 3.05) is 0 Å². The fraction of sp³-hybridized carbons (Fsp3) is 0.542. The molecule has 3 fully saturated rings. The molecule has 27 heavy (non-hydrogen) atoms. The second-order valence-electron chi connectivity index (χ2n) is 9.25. The number of hydrogen-bond donors (Lipinski definition) is 1. The molecule has 3 aliphatic carbocycles. The molecule has 2 aromatic carbocycles. The normalized spacial score (nSPS) is 29.8. The highest BCUT2D eigenvalue weighted by Crippen LogP contribution is 2.61. The Hall–Kier alpha value is -1.87. The van der Waals surface area contributed by atoms with Crippen molar-refractivity contribution in [3.05, 3.63) is 48.0 Å². The van der Waals surface area contributed by atoms with E-state index in [1.165, 1.54) is 16.3 Å². The first-order valence-electron chi connectivity index (χ1n) is 10.2. The number of aliphatic hydroxyl groups is 1. The van der Waals surface area contributed by atoms with Crippen LogP contribution in [0.5, 0.6) is 0 Å². The van der Waals surface area contributed by atoms with Gasteiger partial charge in [0.1, 0.15) is 6.10 Å². The van der Waals surface area contributed by atoms with Crippen molar-refractivity contribution in [2.24, 2.45) is 23.2 Å². The van der Waals surface area contributed by atoms with Crippen molar-refractivity contribution >= 4 is 16.7 Å².